The van der Waals surface area contributed by atoms with Crippen LogP contribution in [0, 0.1) is 4.77 Å². The standard InChI is InChI=1S/C9H6N4OS2/c14-8-11-12-9(15)13(8)5-1-2-6-7(3-5)16-4-10-6/h1-4H,(H,11,14)(H,12,15). The normalized spacial score (nSPS) is 11.0. The molecule has 2 aromatic heterocycles. The molecule has 0 aliphatic heterocycles. The molecule has 0 fully saturated rings. The largest absolute Gasteiger partial charge is 0.347 e. The molecular weight excluding hydrogens is 244 g/mol. The summed E-state index contributed by atoms with van der Waals surface area (Å²) in [6.45, 7) is 0. The minimum absolute atomic E-state index is 0.270. The smallest absolute Gasteiger partial charge is 0.272 e. The zero-order valence-corrected chi connectivity index (χ0v) is 9.56. The van der Waals surface area contributed by atoms with Crippen LogP contribution in [-0.2, 0) is 0 Å². The van der Waals surface area contributed by atoms with Crippen molar-refractivity contribution in [2.45, 2.75) is 0 Å². The molecule has 1 aromatic carbocycles. The molecule has 3 aromatic rings. The van der Waals surface area contributed by atoms with E-state index in [2.05, 4.69) is 15.2 Å². The Labute approximate surface area is 98.4 Å². The molecule has 0 aliphatic rings. The molecule has 16 heavy (non-hydrogen) atoms. The van der Waals surface area contributed by atoms with Crippen molar-refractivity contribution < 1.29 is 0 Å². The van der Waals surface area contributed by atoms with E-state index in [4.69, 9.17) is 12.2 Å². The first-order valence-electron chi connectivity index (χ1n) is 4.49. The van der Waals surface area contributed by atoms with Gasteiger partial charge in [-0.3, -0.25) is 5.10 Å². The lowest BCUT2D eigenvalue weighted by atomic mass is 10.3. The van der Waals surface area contributed by atoms with E-state index >= 15 is 0 Å². The number of nitrogens with zero attached hydrogens (tertiary/aromatic N) is 2. The van der Waals surface area contributed by atoms with Crippen LogP contribution in [0.25, 0.3) is 15.9 Å². The molecule has 0 radical (unpaired) electrons. The molecule has 80 valence electrons. The van der Waals surface area contributed by atoms with Gasteiger partial charge in [-0.1, -0.05) is 0 Å². The fourth-order valence-corrected chi connectivity index (χ4v) is 2.48. The second-order valence-electron chi connectivity index (χ2n) is 3.20. The highest BCUT2D eigenvalue weighted by atomic mass is 32.1. The molecule has 0 aliphatic carbocycles. The van der Waals surface area contributed by atoms with Gasteiger partial charge in [0.25, 0.3) is 0 Å². The molecule has 2 N–H and O–H groups in total. The second kappa shape index (κ2) is 3.39. The minimum Gasteiger partial charge on any atom is -0.272 e. The van der Waals surface area contributed by atoms with Gasteiger partial charge in [-0.2, -0.15) is 0 Å². The van der Waals surface area contributed by atoms with Crippen LogP contribution in [0.3, 0.4) is 0 Å². The van der Waals surface area contributed by atoms with Crippen molar-refractivity contribution in [2.75, 3.05) is 0 Å². The maximum atomic E-state index is 11.5. The van der Waals surface area contributed by atoms with Gasteiger partial charge in [0.05, 0.1) is 21.4 Å². The van der Waals surface area contributed by atoms with Crippen molar-refractivity contribution in [1.82, 2.24) is 19.7 Å². The van der Waals surface area contributed by atoms with Crippen molar-refractivity contribution in [3.05, 3.63) is 39.0 Å². The van der Waals surface area contributed by atoms with Gasteiger partial charge < -0.3 is 0 Å². The molecule has 0 spiro atoms. The molecule has 0 bridgehead atoms. The number of thiazole rings is 1. The van der Waals surface area contributed by atoms with Gasteiger partial charge in [-0.05, 0) is 30.4 Å². The van der Waals surface area contributed by atoms with Crippen molar-refractivity contribution in [3.63, 3.8) is 0 Å². The molecule has 0 saturated carbocycles. The Hall–Kier alpha value is -1.73. The summed E-state index contributed by atoms with van der Waals surface area (Å²) >= 11 is 6.55. The van der Waals surface area contributed by atoms with Crippen molar-refractivity contribution in [3.8, 4) is 5.69 Å². The highest BCUT2D eigenvalue weighted by Crippen LogP contribution is 2.20. The van der Waals surface area contributed by atoms with Gasteiger partial charge in [0.15, 0.2) is 0 Å². The van der Waals surface area contributed by atoms with E-state index < -0.39 is 0 Å². The predicted octanol–water partition coefficient (Wildman–Crippen LogP) is 1.83. The maximum absolute atomic E-state index is 11.5. The van der Waals surface area contributed by atoms with Crippen LogP contribution in [0.5, 0.6) is 0 Å². The third kappa shape index (κ3) is 1.33. The molecule has 0 amide bonds. The van der Waals surface area contributed by atoms with Crippen LogP contribution < -0.4 is 5.69 Å². The van der Waals surface area contributed by atoms with Crippen LogP contribution in [0.4, 0.5) is 0 Å². The lowest BCUT2D eigenvalue weighted by Crippen LogP contribution is -2.14. The van der Waals surface area contributed by atoms with E-state index in [-0.39, 0.29) is 5.69 Å². The third-order valence-electron chi connectivity index (χ3n) is 2.26. The Morgan fingerprint density at radius 1 is 1.38 bits per heavy atom. The molecular formula is C9H6N4OS2. The summed E-state index contributed by atoms with van der Waals surface area (Å²) in [7, 11) is 0. The van der Waals surface area contributed by atoms with Crippen LogP contribution >= 0.6 is 23.6 Å². The Kier molecular flexibility index (Phi) is 2.01. The SMILES string of the molecule is O=c1[nH][nH]c(=S)n1-c1ccc2ncsc2c1. The van der Waals surface area contributed by atoms with Gasteiger partial charge in [0.1, 0.15) is 0 Å². The molecule has 2 heterocycles. The van der Waals surface area contributed by atoms with E-state index in [1.165, 1.54) is 15.9 Å². The monoisotopic (exact) mass is 250 g/mol. The molecule has 3 rings (SSSR count). The Bertz CT molecular complexity index is 736. The van der Waals surface area contributed by atoms with Crippen molar-refractivity contribution in [2.24, 2.45) is 0 Å². The number of hydrogen-bond acceptors (Lipinski definition) is 4. The van der Waals surface area contributed by atoms with Gasteiger partial charge in [-0.15, -0.1) is 11.3 Å². The summed E-state index contributed by atoms with van der Waals surface area (Å²) < 4.78 is 2.79. The fourth-order valence-electron chi connectivity index (χ4n) is 1.53. The van der Waals surface area contributed by atoms with Crippen LogP contribution in [0.1, 0.15) is 0 Å². The van der Waals surface area contributed by atoms with E-state index in [1.54, 1.807) is 5.51 Å². The van der Waals surface area contributed by atoms with E-state index in [0.717, 1.165) is 15.9 Å². The maximum Gasteiger partial charge on any atom is 0.347 e. The molecule has 0 unspecified atom stereocenters. The summed E-state index contributed by atoms with van der Waals surface area (Å²) in [5, 5.41) is 5.05. The highest BCUT2D eigenvalue weighted by Gasteiger charge is 2.05. The highest BCUT2D eigenvalue weighted by molar-refractivity contribution is 7.71. The summed E-state index contributed by atoms with van der Waals surface area (Å²) in [4.78, 5) is 15.7. The van der Waals surface area contributed by atoms with Crippen LogP contribution in [-0.4, -0.2) is 19.7 Å². The number of benzene rings is 1. The lowest BCUT2D eigenvalue weighted by molar-refractivity contribution is 0.978. The zero-order valence-electron chi connectivity index (χ0n) is 7.93. The van der Waals surface area contributed by atoms with Crippen molar-refractivity contribution >= 4 is 33.8 Å². The quantitative estimate of drug-likeness (QED) is 0.647. The number of fused-ring (bicyclic) bond motifs is 1. The molecule has 0 atom stereocenters. The Balaban J connectivity index is 2.34. The second-order valence-corrected chi connectivity index (χ2v) is 4.47. The number of H-pyrrole nitrogens is 2. The average molecular weight is 250 g/mol. The zero-order chi connectivity index (χ0) is 11.1. The van der Waals surface area contributed by atoms with Crippen molar-refractivity contribution in [1.29, 1.82) is 0 Å². The average Bonchev–Trinajstić information content (AvgIpc) is 2.85. The summed E-state index contributed by atoms with van der Waals surface area (Å²) in [6, 6.07) is 5.59. The molecule has 5 nitrogen and oxygen atoms in total. The Morgan fingerprint density at radius 3 is 3.00 bits per heavy atom. The Morgan fingerprint density at radius 2 is 2.25 bits per heavy atom. The molecule has 0 saturated heterocycles. The first-order valence-corrected chi connectivity index (χ1v) is 5.78. The van der Waals surface area contributed by atoms with E-state index in [9.17, 15) is 4.79 Å². The summed E-state index contributed by atoms with van der Waals surface area (Å²) in [6.07, 6.45) is 0. The third-order valence-corrected chi connectivity index (χ3v) is 3.33. The lowest BCUT2D eigenvalue weighted by Gasteiger charge is -1.99. The van der Waals surface area contributed by atoms with Gasteiger partial charge in [0.2, 0.25) is 4.77 Å². The number of rotatable bonds is 1. The first kappa shape index (κ1) is 9.49. The molecule has 7 heteroatoms. The van der Waals surface area contributed by atoms with Crippen LogP contribution in [0.15, 0.2) is 28.5 Å². The number of hydrogen-bond donors (Lipinski definition) is 2. The van der Waals surface area contributed by atoms with Gasteiger partial charge >= 0.3 is 5.69 Å². The van der Waals surface area contributed by atoms with Gasteiger partial charge in [-0.25, -0.2) is 19.4 Å². The number of aromatic amines is 2. The van der Waals surface area contributed by atoms with Crippen LogP contribution in [0.2, 0.25) is 0 Å². The van der Waals surface area contributed by atoms with E-state index in [1.807, 2.05) is 18.2 Å². The topological polar surface area (TPSA) is 66.5 Å². The number of nitrogens with one attached hydrogen (secondary N) is 2. The van der Waals surface area contributed by atoms with Gasteiger partial charge in [0, 0.05) is 0 Å². The summed E-state index contributed by atoms with van der Waals surface area (Å²) in [5.41, 5.74) is 3.17. The predicted molar refractivity (Wildman–Crippen MR) is 64.8 cm³/mol. The minimum atomic E-state index is -0.270. The number of aromatic nitrogens is 4. The summed E-state index contributed by atoms with van der Waals surface area (Å²) in [5.74, 6) is 0. The first-order chi connectivity index (χ1) is 7.75. The fraction of sp³-hybridized carbons (Fsp3) is 0. The van der Waals surface area contributed by atoms with E-state index in [0.29, 0.717) is 4.77 Å².